The maximum Gasteiger partial charge on any atom is 0.0683 e. The number of nitrogens with one attached hydrogen (secondary N) is 1. The minimum atomic E-state index is -0.188. The molecule has 3 heteroatoms. The fraction of sp³-hybridized carbons (Fsp3) is 0.571. The zero-order chi connectivity index (χ0) is 12.6. The van der Waals surface area contributed by atoms with Crippen molar-refractivity contribution in [2.45, 2.75) is 33.1 Å². The first kappa shape index (κ1) is 13.7. The van der Waals surface area contributed by atoms with Crippen LogP contribution in [-0.2, 0) is 6.42 Å². The van der Waals surface area contributed by atoms with Crippen LogP contribution in [0.1, 0.15) is 32.3 Å². The molecular weight excluding hydrogens is 210 g/mol. The SMILES string of the molecule is CC(C)(C#N)CCCNCCc1ccncc1. The summed E-state index contributed by atoms with van der Waals surface area (Å²) in [6, 6.07) is 6.41. The van der Waals surface area contributed by atoms with Gasteiger partial charge >= 0.3 is 0 Å². The highest BCUT2D eigenvalue weighted by Crippen LogP contribution is 2.19. The molecule has 1 rings (SSSR count). The van der Waals surface area contributed by atoms with Crippen molar-refractivity contribution in [3.8, 4) is 6.07 Å². The average Bonchev–Trinajstić information content (AvgIpc) is 2.35. The van der Waals surface area contributed by atoms with Gasteiger partial charge in [-0.25, -0.2) is 0 Å². The van der Waals surface area contributed by atoms with Gasteiger partial charge in [0.15, 0.2) is 0 Å². The van der Waals surface area contributed by atoms with Gasteiger partial charge in [-0.3, -0.25) is 4.98 Å². The number of aromatic nitrogens is 1. The molecule has 0 saturated heterocycles. The zero-order valence-corrected chi connectivity index (χ0v) is 10.7. The summed E-state index contributed by atoms with van der Waals surface area (Å²) in [6.07, 6.45) is 6.68. The minimum absolute atomic E-state index is 0.188. The Kier molecular flexibility index (Phi) is 5.65. The van der Waals surface area contributed by atoms with Crippen LogP contribution >= 0.6 is 0 Å². The van der Waals surface area contributed by atoms with Crippen molar-refractivity contribution in [2.24, 2.45) is 5.41 Å². The molecule has 1 N–H and O–H groups in total. The van der Waals surface area contributed by atoms with Crippen molar-refractivity contribution in [3.05, 3.63) is 30.1 Å². The van der Waals surface area contributed by atoms with E-state index in [-0.39, 0.29) is 5.41 Å². The molecule has 0 atom stereocenters. The monoisotopic (exact) mass is 231 g/mol. The van der Waals surface area contributed by atoms with E-state index in [1.165, 1.54) is 5.56 Å². The normalized spacial score (nSPS) is 11.1. The minimum Gasteiger partial charge on any atom is -0.316 e. The largest absolute Gasteiger partial charge is 0.316 e. The summed E-state index contributed by atoms with van der Waals surface area (Å²) in [7, 11) is 0. The summed E-state index contributed by atoms with van der Waals surface area (Å²) in [5.41, 5.74) is 1.12. The van der Waals surface area contributed by atoms with Crippen molar-refractivity contribution in [1.29, 1.82) is 5.26 Å². The summed E-state index contributed by atoms with van der Waals surface area (Å²) in [5.74, 6) is 0. The Hall–Kier alpha value is -1.40. The molecule has 0 unspecified atom stereocenters. The number of nitrogens with zero attached hydrogens (tertiary/aromatic N) is 2. The molecule has 0 aliphatic rings. The molecule has 3 nitrogen and oxygen atoms in total. The molecule has 17 heavy (non-hydrogen) atoms. The van der Waals surface area contributed by atoms with Crippen LogP contribution in [0.3, 0.4) is 0 Å². The Morgan fingerprint density at radius 3 is 2.65 bits per heavy atom. The van der Waals surface area contributed by atoms with Gasteiger partial charge in [0.1, 0.15) is 0 Å². The fourth-order valence-corrected chi connectivity index (χ4v) is 1.62. The predicted octanol–water partition coefficient (Wildman–Crippen LogP) is 2.54. The van der Waals surface area contributed by atoms with E-state index >= 15 is 0 Å². The lowest BCUT2D eigenvalue weighted by Crippen LogP contribution is -2.20. The molecule has 0 amide bonds. The van der Waals surface area contributed by atoms with Gasteiger partial charge in [-0.2, -0.15) is 5.26 Å². The zero-order valence-electron chi connectivity index (χ0n) is 10.7. The van der Waals surface area contributed by atoms with E-state index in [2.05, 4.69) is 16.4 Å². The molecule has 0 aromatic carbocycles. The van der Waals surface area contributed by atoms with E-state index in [0.29, 0.717) is 0 Å². The smallest absolute Gasteiger partial charge is 0.0683 e. The second kappa shape index (κ2) is 7.03. The summed E-state index contributed by atoms with van der Waals surface area (Å²) >= 11 is 0. The first-order chi connectivity index (χ1) is 8.14. The number of rotatable bonds is 7. The molecule has 1 heterocycles. The van der Waals surface area contributed by atoms with Crippen LogP contribution in [0.25, 0.3) is 0 Å². The third kappa shape index (κ3) is 6.03. The summed E-state index contributed by atoms with van der Waals surface area (Å²) in [6.45, 7) is 5.95. The number of nitriles is 1. The highest BCUT2D eigenvalue weighted by Gasteiger charge is 2.14. The maximum absolute atomic E-state index is 8.87. The first-order valence-corrected chi connectivity index (χ1v) is 6.15. The summed E-state index contributed by atoms with van der Waals surface area (Å²) in [4.78, 5) is 3.99. The Morgan fingerprint density at radius 2 is 2.00 bits per heavy atom. The van der Waals surface area contributed by atoms with E-state index in [0.717, 1.165) is 32.4 Å². The van der Waals surface area contributed by atoms with E-state index in [9.17, 15) is 0 Å². The molecule has 1 aromatic rings. The van der Waals surface area contributed by atoms with E-state index in [4.69, 9.17) is 5.26 Å². The quantitative estimate of drug-likeness (QED) is 0.734. The van der Waals surface area contributed by atoms with Crippen LogP contribution in [0.5, 0.6) is 0 Å². The second-order valence-electron chi connectivity index (χ2n) is 4.95. The maximum atomic E-state index is 8.87. The molecule has 0 radical (unpaired) electrons. The van der Waals surface area contributed by atoms with Gasteiger partial charge in [-0.15, -0.1) is 0 Å². The van der Waals surface area contributed by atoms with Crippen molar-refractivity contribution >= 4 is 0 Å². The van der Waals surface area contributed by atoms with E-state index in [1.807, 2.05) is 38.4 Å². The van der Waals surface area contributed by atoms with E-state index < -0.39 is 0 Å². The highest BCUT2D eigenvalue weighted by atomic mass is 14.8. The Morgan fingerprint density at radius 1 is 1.29 bits per heavy atom. The second-order valence-corrected chi connectivity index (χ2v) is 4.95. The Bertz CT molecular complexity index is 351. The third-order valence-electron chi connectivity index (χ3n) is 2.80. The molecule has 92 valence electrons. The molecule has 0 fully saturated rings. The standard InChI is InChI=1S/C14H21N3/c1-14(2,12-15)7-3-8-16-9-4-13-5-10-17-11-6-13/h5-6,10-11,16H,3-4,7-9H2,1-2H3. The van der Waals surface area contributed by atoms with Crippen LogP contribution in [0.4, 0.5) is 0 Å². The van der Waals surface area contributed by atoms with Gasteiger partial charge in [0.05, 0.1) is 11.5 Å². The Balaban J connectivity index is 2.04. The molecule has 0 saturated carbocycles. The molecule has 0 bridgehead atoms. The van der Waals surface area contributed by atoms with Gasteiger partial charge in [0.25, 0.3) is 0 Å². The van der Waals surface area contributed by atoms with Crippen molar-refractivity contribution in [2.75, 3.05) is 13.1 Å². The average molecular weight is 231 g/mol. The number of pyridine rings is 1. The van der Waals surface area contributed by atoms with Crippen molar-refractivity contribution in [3.63, 3.8) is 0 Å². The lowest BCUT2D eigenvalue weighted by molar-refractivity contribution is 0.426. The van der Waals surface area contributed by atoms with Crippen LogP contribution in [0, 0.1) is 16.7 Å². The van der Waals surface area contributed by atoms with Crippen LogP contribution < -0.4 is 5.32 Å². The lowest BCUT2D eigenvalue weighted by Gasteiger charge is -2.14. The van der Waals surface area contributed by atoms with Crippen molar-refractivity contribution in [1.82, 2.24) is 10.3 Å². The van der Waals surface area contributed by atoms with Gasteiger partial charge in [-0.05, 0) is 63.9 Å². The molecule has 0 aliphatic heterocycles. The Labute approximate surface area is 104 Å². The van der Waals surface area contributed by atoms with E-state index in [1.54, 1.807) is 0 Å². The number of hydrogen-bond acceptors (Lipinski definition) is 3. The topological polar surface area (TPSA) is 48.7 Å². The van der Waals surface area contributed by atoms with Gasteiger partial charge in [0, 0.05) is 12.4 Å². The predicted molar refractivity (Wildman–Crippen MR) is 69.4 cm³/mol. The lowest BCUT2D eigenvalue weighted by atomic mass is 9.90. The van der Waals surface area contributed by atoms with Gasteiger partial charge < -0.3 is 5.32 Å². The molecular formula is C14H21N3. The van der Waals surface area contributed by atoms with Crippen LogP contribution in [-0.4, -0.2) is 18.1 Å². The summed E-state index contributed by atoms with van der Waals surface area (Å²) < 4.78 is 0. The highest BCUT2D eigenvalue weighted by molar-refractivity contribution is 5.09. The number of hydrogen-bond donors (Lipinski definition) is 1. The van der Waals surface area contributed by atoms with Crippen LogP contribution in [0.15, 0.2) is 24.5 Å². The first-order valence-electron chi connectivity index (χ1n) is 6.15. The molecule has 0 spiro atoms. The fourth-order valence-electron chi connectivity index (χ4n) is 1.62. The summed E-state index contributed by atoms with van der Waals surface area (Å²) in [5, 5.41) is 12.3. The third-order valence-corrected chi connectivity index (χ3v) is 2.80. The van der Waals surface area contributed by atoms with Gasteiger partial charge in [-0.1, -0.05) is 0 Å². The molecule has 1 aromatic heterocycles. The van der Waals surface area contributed by atoms with Gasteiger partial charge in [0.2, 0.25) is 0 Å². The van der Waals surface area contributed by atoms with Crippen LogP contribution in [0.2, 0.25) is 0 Å². The van der Waals surface area contributed by atoms with Crippen molar-refractivity contribution < 1.29 is 0 Å². The molecule has 0 aliphatic carbocycles.